The van der Waals surface area contributed by atoms with E-state index in [1.54, 1.807) is 12.1 Å². The Bertz CT molecular complexity index is 630. The SMILES string of the molecule is CCCNC(c1ccc(Cl)cc1F)c1cccc(C)c1Br. The van der Waals surface area contributed by atoms with Gasteiger partial charge in [-0.2, -0.15) is 0 Å². The molecule has 2 rings (SSSR count). The Labute approximate surface area is 138 Å². The minimum atomic E-state index is -0.287. The van der Waals surface area contributed by atoms with Gasteiger partial charge in [-0.05, 0) is 43.1 Å². The first-order valence-electron chi connectivity index (χ1n) is 6.98. The molecule has 2 aromatic rings. The Hall–Kier alpha value is -0.900. The van der Waals surface area contributed by atoms with Crippen molar-refractivity contribution >= 4 is 27.5 Å². The molecule has 1 nitrogen and oxygen atoms in total. The van der Waals surface area contributed by atoms with Crippen molar-refractivity contribution in [2.75, 3.05) is 6.54 Å². The maximum Gasteiger partial charge on any atom is 0.129 e. The molecule has 0 aliphatic rings. The lowest BCUT2D eigenvalue weighted by molar-refractivity contribution is 0.545. The summed E-state index contributed by atoms with van der Waals surface area (Å²) in [7, 11) is 0. The average molecular weight is 371 g/mol. The van der Waals surface area contributed by atoms with E-state index in [-0.39, 0.29) is 11.9 Å². The van der Waals surface area contributed by atoms with E-state index >= 15 is 0 Å². The molecule has 4 heteroatoms. The Balaban J connectivity index is 2.49. The van der Waals surface area contributed by atoms with E-state index in [2.05, 4.69) is 28.2 Å². The van der Waals surface area contributed by atoms with Crippen LogP contribution in [0.25, 0.3) is 0 Å². The highest BCUT2D eigenvalue weighted by molar-refractivity contribution is 9.10. The molecule has 1 unspecified atom stereocenters. The first-order chi connectivity index (χ1) is 10.0. The number of hydrogen-bond acceptors (Lipinski definition) is 1. The summed E-state index contributed by atoms with van der Waals surface area (Å²) in [5.74, 6) is -0.287. The molecule has 0 radical (unpaired) electrons. The lowest BCUT2D eigenvalue weighted by atomic mass is 9.96. The van der Waals surface area contributed by atoms with Gasteiger partial charge in [-0.15, -0.1) is 0 Å². The molecule has 0 aliphatic heterocycles. The third kappa shape index (κ3) is 3.85. The van der Waals surface area contributed by atoms with Crippen LogP contribution in [0.5, 0.6) is 0 Å². The van der Waals surface area contributed by atoms with Crippen molar-refractivity contribution in [3.8, 4) is 0 Å². The first-order valence-corrected chi connectivity index (χ1v) is 8.15. The second-order valence-corrected chi connectivity index (χ2v) is 6.26. The molecule has 0 saturated carbocycles. The topological polar surface area (TPSA) is 12.0 Å². The summed E-state index contributed by atoms with van der Waals surface area (Å²) < 4.78 is 15.3. The van der Waals surface area contributed by atoms with Gasteiger partial charge in [0.25, 0.3) is 0 Å². The van der Waals surface area contributed by atoms with E-state index in [0.29, 0.717) is 10.6 Å². The van der Waals surface area contributed by atoms with E-state index in [0.717, 1.165) is 28.6 Å². The molecule has 0 bridgehead atoms. The molecule has 0 aromatic heterocycles. The zero-order valence-corrected chi connectivity index (χ0v) is 14.4. The smallest absolute Gasteiger partial charge is 0.129 e. The van der Waals surface area contributed by atoms with Crippen molar-refractivity contribution in [1.82, 2.24) is 5.32 Å². The molecule has 21 heavy (non-hydrogen) atoms. The molecule has 0 heterocycles. The number of benzene rings is 2. The predicted octanol–water partition coefficient (Wildman–Crippen LogP) is 5.64. The van der Waals surface area contributed by atoms with Crippen molar-refractivity contribution in [3.05, 3.63) is 68.4 Å². The van der Waals surface area contributed by atoms with Gasteiger partial charge in [-0.3, -0.25) is 0 Å². The van der Waals surface area contributed by atoms with Gasteiger partial charge in [0.15, 0.2) is 0 Å². The van der Waals surface area contributed by atoms with Crippen molar-refractivity contribution in [2.24, 2.45) is 0 Å². The summed E-state index contributed by atoms with van der Waals surface area (Å²) in [5, 5.41) is 3.83. The fourth-order valence-corrected chi connectivity index (χ4v) is 2.96. The molecule has 0 spiro atoms. The van der Waals surface area contributed by atoms with Crippen LogP contribution in [0.2, 0.25) is 5.02 Å². The lowest BCUT2D eigenvalue weighted by Gasteiger charge is -2.22. The van der Waals surface area contributed by atoms with Crippen LogP contribution in [0.1, 0.15) is 36.1 Å². The van der Waals surface area contributed by atoms with Crippen LogP contribution in [-0.2, 0) is 0 Å². The van der Waals surface area contributed by atoms with Gasteiger partial charge in [0.1, 0.15) is 5.82 Å². The molecule has 1 N–H and O–H groups in total. The normalized spacial score (nSPS) is 12.4. The maximum absolute atomic E-state index is 14.3. The Morgan fingerprint density at radius 3 is 2.67 bits per heavy atom. The molecule has 2 aromatic carbocycles. The number of hydrogen-bond donors (Lipinski definition) is 1. The summed E-state index contributed by atoms with van der Waals surface area (Å²) in [6.07, 6.45) is 0.981. The Morgan fingerprint density at radius 2 is 2.00 bits per heavy atom. The molecule has 0 fully saturated rings. The highest BCUT2D eigenvalue weighted by Crippen LogP contribution is 2.32. The average Bonchev–Trinajstić information content (AvgIpc) is 2.45. The summed E-state index contributed by atoms with van der Waals surface area (Å²) in [5.41, 5.74) is 2.77. The van der Waals surface area contributed by atoms with Crippen LogP contribution in [-0.4, -0.2) is 6.54 Å². The van der Waals surface area contributed by atoms with Crippen LogP contribution in [0.3, 0.4) is 0 Å². The quantitative estimate of drug-likeness (QED) is 0.718. The number of rotatable bonds is 5. The zero-order chi connectivity index (χ0) is 15.4. The standard InChI is InChI=1S/C17H18BrClFN/c1-3-9-21-17(13-8-7-12(19)10-15(13)20)14-6-4-5-11(2)16(14)18/h4-8,10,17,21H,3,9H2,1-2H3. The van der Waals surface area contributed by atoms with Crippen molar-refractivity contribution < 1.29 is 4.39 Å². The predicted molar refractivity (Wildman–Crippen MR) is 90.4 cm³/mol. The van der Waals surface area contributed by atoms with Gasteiger partial charge in [0.2, 0.25) is 0 Å². The van der Waals surface area contributed by atoms with Crippen LogP contribution in [0, 0.1) is 12.7 Å². The Kier molecular flexibility index (Phi) is 5.80. The van der Waals surface area contributed by atoms with E-state index in [1.165, 1.54) is 6.07 Å². The summed E-state index contributed by atoms with van der Waals surface area (Å²) in [6.45, 7) is 4.93. The minimum Gasteiger partial charge on any atom is -0.306 e. The van der Waals surface area contributed by atoms with Gasteiger partial charge >= 0.3 is 0 Å². The lowest BCUT2D eigenvalue weighted by Crippen LogP contribution is -2.24. The minimum absolute atomic E-state index is 0.198. The van der Waals surface area contributed by atoms with Crippen LogP contribution < -0.4 is 5.32 Å². The van der Waals surface area contributed by atoms with Gasteiger partial charge in [-0.25, -0.2) is 4.39 Å². The largest absolute Gasteiger partial charge is 0.306 e. The second kappa shape index (κ2) is 7.39. The van der Waals surface area contributed by atoms with Crippen LogP contribution in [0.15, 0.2) is 40.9 Å². The fourth-order valence-electron chi connectivity index (χ4n) is 2.30. The summed E-state index contributed by atoms with van der Waals surface area (Å²) in [6, 6.07) is 10.7. The summed E-state index contributed by atoms with van der Waals surface area (Å²) in [4.78, 5) is 0. The van der Waals surface area contributed by atoms with Gasteiger partial charge < -0.3 is 5.32 Å². The van der Waals surface area contributed by atoms with Crippen LogP contribution >= 0.6 is 27.5 Å². The molecular formula is C17H18BrClFN. The molecule has 0 saturated heterocycles. The van der Waals surface area contributed by atoms with Gasteiger partial charge in [-0.1, -0.05) is 58.7 Å². The molecular weight excluding hydrogens is 353 g/mol. The van der Waals surface area contributed by atoms with Crippen molar-refractivity contribution in [2.45, 2.75) is 26.3 Å². The van der Waals surface area contributed by atoms with Crippen molar-refractivity contribution in [3.63, 3.8) is 0 Å². The molecule has 1 atom stereocenters. The third-order valence-corrected chi connectivity index (χ3v) is 4.72. The third-order valence-electron chi connectivity index (χ3n) is 3.40. The Morgan fingerprint density at radius 1 is 1.24 bits per heavy atom. The van der Waals surface area contributed by atoms with E-state index in [4.69, 9.17) is 11.6 Å². The fraction of sp³-hybridized carbons (Fsp3) is 0.294. The molecule has 0 aliphatic carbocycles. The van der Waals surface area contributed by atoms with E-state index in [9.17, 15) is 4.39 Å². The van der Waals surface area contributed by atoms with E-state index in [1.807, 2.05) is 25.1 Å². The summed E-state index contributed by atoms with van der Waals surface area (Å²) >= 11 is 9.48. The number of nitrogens with one attached hydrogen (secondary N) is 1. The maximum atomic E-state index is 14.3. The molecule has 112 valence electrons. The zero-order valence-electron chi connectivity index (χ0n) is 12.1. The monoisotopic (exact) mass is 369 g/mol. The highest BCUT2D eigenvalue weighted by atomic mass is 79.9. The second-order valence-electron chi connectivity index (χ2n) is 5.03. The first kappa shape index (κ1) is 16.5. The highest BCUT2D eigenvalue weighted by Gasteiger charge is 2.20. The van der Waals surface area contributed by atoms with E-state index < -0.39 is 0 Å². The van der Waals surface area contributed by atoms with Crippen LogP contribution in [0.4, 0.5) is 4.39 Å². The molecule has 0 amide bonds. The number of aryl methyl sites for hydroxylation is 1. The van der Waals surface area contributed by atoms with Crippen molar-refractivity contribution in [1.29, 1.82) is 0 Å². The van der Waals surface area contributed by atoms with Gasteiger partial charge in [0.05, 0.1) is 6.04 Å². The van der Waals surface area contributed by atoms with Gasteiger partial charge in [0, 0.05) is 15.1 Å². The number of halogens is 3.